The largest absolute Gasteiger partial charge is 0.338 e. The first-order chi connectivity index (χ1) is 9.44. The lowest BCUT2D eigenvalue weighted by atomic mass is 10.0. The summed E-state index contributed by atoms with van der Waals surface area (Å²) in [7, 11) is 2.09. The van der Waals surface area contributed by atoms with Crippen molar-refractivity contribution in [2.45, 2.75) is 53.1 Å². The Morgan fingerprint density at radius 1 is 1.25 bits per heavy atom. The number of aliphatic imine (C=N–C) groups is 2. The predicted molar refractivity (Wildman–Crippen MR) is 84.6 cm³/mol. The minimum atomic E-state index is 0.129. The molecule has 2 rings (SSSR count). The molecule has 0 bridgehead atoms. The number of nitrogens with zero attached hydrogens (tertiary/aromatic N) is 4. The molecule has 0 saturated carbocycles. The lowest BCUT2D eigenvalue weighted by Gasteiger charge is -2.11. The van der Waals surface area contributed by atoms with Crippen LogP contribution >= 0.6 is 0 Å². The van der Waals surface area contributed by atoms with E-state index in [9.17, 15) is 0 Å². The average Bonchev–Trinajstić information content (AvgIpc) is 2.85. The molecule has 1 aromatic rings. The third-order valence-corrected chi connectivity index (χ3v) is 3.57. The van der Waals surface area contributed by atoms with Crippen molar-refractivity contribution in [1.82, 2.24) is 9.55 Å². The highest BCUT2D eigenvalue weighted by Gasteiger charge is 2.16. The van der Waals surface area contributed by atoms with Gasteiger partial charge in [-0.15, -0.1) is 0 Å². The van der Waals surface area contributed by atoms with Gasteiger partial charge in [0.1, 0.15) is 12.0 Å². The van der Waals surface area contributed by atoms with Crippen LogP contribution in [0, 0.1) is 11.8 Å². The molecular formula is C16H26N4. The molecule has 1 aromatic heterocycles. The van der Waals surface area contributed by atoms with Gasteiger partial charge in [-0.25, -0.2) is 4.98 Å². The third kappa shape index (κ3) is 4.02. The molecule has 2 unspecified atom stereocenters. The van der Waals surface area contributed by atoms with E-state index in [4.69, 9.17) is 4.98 Å². The minimum Gasteiger partial charge on any atom is -0.338 e. The zero-order valence-electron chi connectivity index (χ0n) is 13.3. The number of rotatable bonds is 6. The minimum absolute atomic E-state index is 0.129. The Hall–Kier alpha value is -1.45. The SMILES string of the molecule is CC1=NC(CC(C)Cc2cn(C)c(CC(C)C)n2)N=C1. The molecule has 0 radical (unpaired) electrons. The number of aromatic nitrogens is 2. The molecule has 1 aliphatic rings. The van der Waals surface area contributed by atoms with Crippen LogP contribution in [-0.4, -0.2) is 27.6 Å². The molecule has 1 aliphatic heterocycles. The molecule has 2 heterocycles. The Labute approximate surface area is 122 Å². The van der Waals surface area contributed by atoms with Crippen molar-refractivity contribution in [3.8, 4) is 0 Å². The van der Waals surface area contributed by atoms with Crippen LogP contribution in [0.25, 0.3) is 0 Å². The van der Waals surface area contributed by atoms with Gasteiger partial charge in [-0.3, -0.25) is 9.98 Å². The van der Waals surface area contributed by atoms with Gasteiger partial charge in [0.25, 0.3) is 0 Å². The topological polar surface area (TPSA) is 42.5 Å². The highest BCUT2D eigenvalue weighted by molar-refractivity contribution is 6.30. The Morgan fingerprint density at radius 3 is 2.60 bits per heavy atom. The van der Waals surface area contributed by atoms with E-state index in [0.717, 1.165) is 25.0 Å². The second-order valence-corrected chi connectivity index (χ2v) is 6.43. The second-order valence-electron chi connectivity index (χ2n) is 6.43. The Morgan fingerprint density at radius 2 is 2.00 bits per heavy atom. The first-order valence-electron chi connectivity index (χ1n) is 7.52. The number of hydrogen-bond acceptors (Lipinski definition) is 3. The maximum Gasteiger partial charge on any atom is 0.140 e. The molecule has 110 valence electrons. The first-order valence-corrected chi connectivity index (χ1v) is 7.52. The van der Waals surface area contributed by atoms with Gasteiger partial charge in [0.2, 0.25) is 0 Å². The molecule has 4 heteroatoms. The summed E-state index contributed by atoms with van der Waals surface area (Å²) in [5, 5.41) is 0. The van der Waals surface area contributed by atoms with E-state index in [1.54, 1.807) is 0 Å². The van der Waals surface area contributed by atoms with E-state index < -0.39 is 0 Å². The fraction of sp³-hybridized carbons (Fsp3) is 0.688. The van der Waals surface area contributed by atoms with Crippen LogP contribution in [0.1, 0.15) is 45.6 Å². The summed E-state index contributed by atoms with van der Waals surface area (Å²) in [4.78, 5) is 13.7. The molecule has 4 nitrogen and oxygen atoms in total. The van der Waals surface area contributed by atoms with E-state index in [0.29, 0.717) is 11.8 Å². The van der Waals surface area contributed by atoms with Crippen LogP contribution in [0.4, 0.5) is 0 Å². The third-order valence-electron chi connectivity index (χ3n) is 3.57. The fourth-order valence-corrected chi connectivity index (χ4v) is 2.63. The van der Waals surface area contributed by atoms with Crippen LogP contribution in [0.2, 0.25) is 0 Å². The van der Waals surface area contributed by atoms with Crippen molar-refractivity contribution in [1.29, 1.82) is 0 Å². The van der Waals surface area contributed by atoms with Gasteiger partial charge < -0.3 is 4.57 Å². The summed E-state index contributed by atoms with van der Waals surface area (Å²) in [6.07, 6.45) is 7.22. The molecule has 0 amide bonds. The number of aryl methyl sites for hydroxylation is 1. The lowest BCUT2D eigenvalue weighted by molar-refractivity contribution is 0.472. The molecule has 20 heavy (non-hydrogen) atoms. The molecule has 0 aliphatic carbocycles. The van der Waals surface area contributed by atoms with Crippen molar-refractivity contribution < 1.29 is 0 Å². The van der Waals surface area contributed by atoms with E-state index in [1.165, 1.54) is 11.5 Å². The average molecular weight is 274 g/mol. The summed E-state index contributed by atoms with van der Waals surface area (Å²) in [6.45, 7) is 8.73. The molecule has 0 aromatic carbocycles. The van der Waals surface area contributed by atoms with E-state index in [-0.39, 0.29) is 6.17 Å². The van der Waals surface area contributed by atoms with Gasteiger partial charge in [0.15, 0.2) is 0 Å². The molecule has 0 spiro atoms. The Kier molecular flexibility index (Phi) is 4.73. The van der Waals surface area contributed by atoms with Crippen LogP contribution < -0.4 is 0 Å². The maximum absolute atomic E-state index is 4.77. The quantitative estimate of drug-likeness (QED) is 0.786. The fourth-order valence-electron chi connectivity index (χ4n) is 2.63. The van der Waals surface area contributed by atoms with E-state index >= 15 is 0 Å². The van der Waals surface area contributed by atoms with Gasteiger partial charge in [0.05, 0.1) is 11.4 Å². The van der Waals surface area contributed by atoms with Gasteiger partial charge in [0, 0.05) is 25.9 Å². The van der Waals surface area contributed by atoms with Crippen LogP contribution in [-0.2, 0) is 19.9 Å². The van der Waals surface area contributed by atoms with Crippen LogP contribution in [0.3, 0.4) is 0 Å². The van der Waals surface area contributed by atoms with Gasteiger partial charge in [-0.05, 0) is 31.6 Å². The number of imidazole rings is 1. The number of hydrogen-bond donors (Lipinski definition) is 0. The normalized spacial score (nSPS) is 19.7. The summed E-state index contributed by atoms with van der Waals surface area (Å²) in [5.74, 6) is 2.38. The summed E-state index contributed by atoms with van der Waals surface area (Å²) >= 11 is 0. The van der Waals surface area contributed by atoms with Gasteiger partial charge in [-0.2, -0.15) is 0 Å². The van der Waals surface area contributed by atoms with Crippen molar-refractivity contribution in [3.05, 3.63) is 17.7 Å². The van der Waals surface area contributed by atoms with Crippen LogP contribution in [0.15, 0.2) is 16.2 Å². The Balaban J connectivity index is 1.91. The summed E-state index contributed by atoms with van der Waals surface area (Å²) in [5.41, 5.74) is 2.23. The van der Waals surface area contributed by atoms with Gasteiger partial charge >= 0.3 is 0 Å². The molecule has 0 saturated heterocycles. The van der Waals surface area contributed by atoms with Crippen molar-refractivity contribution in [2.24, 2.45) is 28.9 Å². The standard InChI is InChI=1S/C16H26N4/c1-11(2)6-16-19-14(10-20(16)5)7-12(3)8-15-17-9-13(4)18-15/h9-12,15H,6-8H2,1-5H3. The smallest absolute Gasteiger partial charge is 0.140 e. The molecule has 2 atom stereocenters. The van der Waals surface area contributed by atoms with E-state index in [1.807, 2.05) is 13.1 Å². The highest BCUT2D eigenvalue weighted by atomic mass is 15.1. The second kappa shape index (κ2) is 6.33. The zero-order valence-corrected chi connectivity index (χ0v) is 13.3. The van der Waals surface area contributed by atoms with Crippen molar-refractivity contribution in [2.75, 3.05) is 0 Å². The predicted octanol–water partition coefficient (Wildman–Crippen LogP) is 3.06. The van der Waals surface area contributed by atoms with Gasteiger partial charge in [-0.1, -0.05) is 20.8 Å². The molecule has 0 N–H and O–H groups in total. The molecular weight excluding hydrogens is 248 g/mol. The van der Waals surface area contributed by atoms with Crippen molar-refractivity contribution >= 4 is 11.9 Å². The molecule has 0 fully saturated rings. The highest BCUT2D eigenvalue weighted by Crippen LogP contribution is 2.18. The monoisotopic (exact) mass is 274 g/mol. The Bertz CT molecular complexity index is 511. The van der Waals surface area contributed by atoms with Crippen molar-refractivity contribution in [3.63, 3.8) is 0 Å². The maximum atomic E-state index is 4.77. The van der Waals surface area contributed by atoms with E-state index in [2.05, 4.69) is 48.6 Å². The first kappa shape index (κ1) is 14.9. The summed E-state index contributed by atoms with van der Waals surface area (Å²) < 4.78 is 2.16. The lowest BCUT2D eigenvalue weighted by Crippen LogP contribution is -2.08. The zero-order chi connectivity index (χ0) is 14.7. The summed E-state index contributed by atoms with van der Waals surface area (Å²) in [6, 6.07) is 0. The van der Waals surface area contributed by atoms with Crippen LogP contribution in [0.5, 0.6) is 0 Å².